The fourth-order valence-electron chi connectivity index (χ4n) is 2.61. The number of methoxy groups -OCH3 is 2. The van der Waals surface area contributed by atoms with Gasteiger partial charge in [0, 0.05) is 13.7 Å². The molecule has 0 spiro atoms. The van der Waals surface area contributed by atoms with E-state index in [2.05, 4.69) is 17.6 Å². The summed E-state index contributed by atoms with van der Waals surface area (Å²) in [6, 6.07) is 7.67. The van der Waals surface area contributed by atoms with E-state index in [1.165, 1.54) is 0 Å². The summed E-state index contributed by atoms with van der Waals surface area (Å²) in [5.41, 5.74) is 1.09. The Hall–Kier alpha value is -1.59. The quantitative estimate of drug-likeness (QED) is 0.837. The van der Waals surface area contributed by atoms with E-state index in [-0.39, 0.29) is 24.1 Å². The van der Waals surface area contributed by atoms with Gasteiger partial charge in [-0.05, 0) is 30.5 Å². The normalized spacial score (nSPS) is 22.8. The van der Waals surface area contributed by atoms with Gasteiger partial charge in [0.2, 0.25) is 5.91 Å². The van der Waals surface area contributed by atoms with Gasteiger partial charge < -0.3 is 20.1 Å². The second kappa shape index (κ2) is 7.43. The van der Waals surface area contributed by atoms with E-state index in [0.29, 0.717) is 0 Å². The third kappa shape index (κ3) is 3.95. The van der Waals surface area contributed by atoms with E-state index in [4.69, 9.17) is 9.47 Å². The molecule has 1 saturated heterocycles. The largest absolute Gasteiger partial charge is 0.497 e. The summed E-state index contributed by atoms with van der Waals surface area (Å²) in [7, 11) is 3.32. The van der Waals surface area contributed by atoms with Crippen LogP contribution in [0.4, 0.5) is 0 Å². The van der Waals surface area contributed by atoms with Crippen molar-refractivity contribution >= 4 is 5.91 Å². The molecule has 0 radical (unpaired) electrons. The summed E-state index contributed by atoms with van der Waals surface area (Å²) >= 11 is 0. The Morgan fingerprint density at radius 3 is 2.62 bits per heavy atom. The molecule has 3 unspecified atom stereocenters. The highest BCUT2D eigenvalue weighted by Crippen LogP contribution is 2.21. The molecule has 2 N–H and O–H groups in total. The third-order valence-electron chi connectivity index (χ3n) is 3.98. The first-order valence-electron chi connectivity index (χ1n) is 7.38. The smallest absolute Gasteiger partial charge is 0.237 e. The Balaban J connectivity index is 1.96. The first-order chi connectivity index (χ1) is 10.2. The maximum Gasteiger partial charge on any atom is 0.237 e. The van der Waals surface area contributed by atoms with Crippen molar-refractivity contribution in [2.24, 2.45) is 0 Å². The van der Waals surface area contributed by atoms with E-state index >= 15 is 0 Å². The SMILES string of the molecule is CCC(NC(=O)C1CC(OC)CN1)c1ccc(OC)cc1. The maximum atomic E-state index is 12.3. The Labute approximate surface area is 126 Å². The van der Waals surface area contributed by atoms with Crippen LogP contribution in [0.25, 0.3) is 0 Å². The minimum absolute atomic E-state index is 0.0202. The van der Waals surface area contributed by atoms with Crippen molar-refractivity contribution in [3.05, 3.63) is 29.8 Å². The van der Waals surface area contributed by atoms with Crippen LogP contribution >= 0.6 is 0 Å². The lowest BCUT2D eigenvalue weighted by atomic mass is 10.0. The molecule has 1 aliphatic rings. The lowest BCUT2D eigenvalue weighted by Gasteiger charge is -2.20. The van der Waals surface area contributed by atoms with Gasteiger partial charge in [-0.1, -0.05) is 19.1 Å². The average Bonchev–Trinajstić information content (AvgIpc) is 3.01. The molecule has 1 aromatic rings. The molecule has 0 bridgehead atoms. The molecule has 5 heteroatoms. The number of ether oxygens (including phenoxy) is 2. The van der Waals surface area contributed by atoms with Crippen LogP contribution < -0.4 is 15.4 Å². The van der Waals surface area contributed by atoms with Gasteiger partial charge in [-0.3, -0.25) is 4.79 Å². The van der Waals surface area contributed by atoms with E-state index in [1.807, 2.05) is 24.3 Å². The van der Waals surface area contributed by atoms with Gasteiger partial charge in [-0.15, -0.1) is 0 Å². The van der Waals surface area contributed by atoms with Crippen molar-refractivity contribution in [1.29, 1.82) is 0 Å². The summed E-state index contributed by atoms with van der Waals surface area (Å²) in [6.45, 7) is 2.79. The number of nitrogens with one attached hydrogen (secondary N) is 2. The Kier molecular flexibility index (Phi) is 5.59. The van der Waals surface area contributed by atoms with Crippen LogP contribution in [0.5, 0.6) is 5.75 Å². The Bertz CT molecular complexity index is 461. The maximum absolute atomic E-state index is 12.3. The van der Waals surface area contributed by atoms with Gasteiger partial charge in [0.1, 0.15) is 5.75 Å². The molecule has 0 saturated carbocycles. The minimum Gasteiger partial charge on any atom is -0.497 e. The average molecular weight is 292 g/mol. The second-order valence-electron chi connectivity index (χ2n) is 5.30. The summed E-state index contributed by atoms with van der Waals surface area (Å²) < 4.78 is 10.4. The van der Waals surface area contributed by atoms with Gasteiger partial charge in [-0.25, -0.2) is 0 Å². The van der Waals surface area contributed by atoms with Crippen molar-refractivity contribution in [3.63, 3.8) is 0 Å². The van der Waals surface area contributed by atoms with Crippen LogP contribution in [0.3, 0.4) is 0 Å². The van der Waals surface area contributed by atoms with Crippen molar-refractivity contribution in [2.75, 3.05) is 20.8 Å². The van der Waals surface area contributed by atoms with Crippen molar-refractivity contribution in [1.82, 2.24) is 10.6 Å². The van der Waals surface area contributed by atoms with Crippen LogP contribution in [0.1, 0.15) is 31.4 Å². The molecule has 1 fully saturated rings. The zero-order valence-electron chi connectivity index (χ0n) is 12.9. The summed E-state index contributed by atoms with van der Waals surface area (Å²) in [6.07, 6.45) is 1.70. The molecule has 21 heavy (non-hydrogen) atoms. The van der Waals surface area contributed by atoms with Gasteiger partial charge in [-0.2, -0.15) is 0 Å². The van der Waals surface area contributed by atoms with Crippen LogP contribution in [-0.4, -0.2) is 38.8 Å². The first kappa shape index (κ1) is 15.8. The van der Waals surface area contributed by atoms with Crippen LogP contribution in [0.2, 0.25) is 0 Å². The molecule has 3 atom stereocenters. The molecule has 116 valence electrons. The molecular weight excluding hydrogens is 268 g/mol. The number of hydrogen-bond donors (Lipinski definition) is 2. The number of hydrogen-bond acceptors (Lipinski definition) is 4. The molecule has 5 nitrogen and oxygen atoms in total. The van der Waals surface area contributed by atoms with Crippen molar-refractivity contribution in [2.45, 2.75) is 38.0 Å². The fraction of sp³-hybridized carbons (Fsp3) is 0.562. The fourth-order valence-corrected chi connectivity index (χ4v) is 2.61. The topological polar surface area (TPSA) is 59.6 Å². The van der Waals surface area contributed by atoms with Gasteiger partial charge in [0.15, 0.2) is 0 Å². The minimum atomic E-state index is -0.165. The molecule has 1 amide bonds. The standard InChI is InChI=1S/C16H24N2O3/c1-4-14(11-5-7-12(20-2)8-6-11)18-16(19)15-9-13(21-3)10-17-15/h5-8,13-15,17H,4,9-10H2,1-3H3,(H,18,19). The molecule has 0 aromatic heterocycles. The molecule has 1 heterocycles. The number of carbonyl (C=O) groups is 1. The van der Waals surface area contributed by atoms with Gasteiger partial charge in [0.25, 0.3) is 0 Å². The van der Waals surface area contributed by atoms with Crippen molar-refractivity contribution in [3.8, 4) is 5.75 Å². The first-order valence-corrected chi connectivity index (χ1v) is 7.38. The number of amides is 1. The summed E-state index contributed by atoms with van der Waals surface area (Å²) in [5, 5.41) is 6.31. The van der Waals surface area contributed by atoms with E-state index in [0.717, 1.165) is 30.7 Å². The molecule has 0 aliphatic carbocycles. The van der Waals surface area contributed by atoms with Crippen LogP contribution in [0, 0.1) is 0 Å². The summed E-state index contributed by atoms with van der Waals surface area (Å²) in [4.78, 5) is 12.3. The van der Waals surface area contributed by atoms with E-state index < -0.39 is 0 Å². The van der Waals surface area contributed by atoms with E-state index in [1.54, 1.807) is 14.2 Å². The predicted octanol–water partition coefficient (Wildman–Crippen LogP) is 1.64. The number of carbonyl (C=O) groups excluding carboxylic acids is 1. The highest BCUT2D eigenvalue weighted by atomic mass is 16.5. The zero-order valence-corrected chi connectivity index (χ0v) is 12.9. The number of benzene rings is 1. The van der Waals surface area contributed by atoms with Crippen LogP contribution in [-0.2, 0) is 9.53 Å². The second-order valence-corrected chi connectivity index (χ2v) is 5.30. The van der Waals surface area contributed by atoms with Crippen molar-refractivity contribution < 1.29 is 14.3 Å². The Morgan fingerprint density at radius 2 is 2.10 bits per heavy atom. The number of rotatable bonds is 6. The predicted molar refractivity (Wildman–Crippen MR) is 81.4 cm³/mol. The van der Waals surface area contributed by atoms with E-state index in [9.17, 15) is 4.79 Å². The van der Waals surface area contributed by atoms with Gasteiger partial charge in [0.05, 0.1) is 25.3 Å². The zero-order chi connectivity index (χ0) is 15.2. The highest BCUT2D eigenvalue weighted by molar-refractivity contribution is 5.82. The Morgan fingerprint density at radius 1 is 1.38 bits per heavy atom. The summed E-state index contributed by atoms with van der Waals surface area (Å²) in [5.74, 6) is 0.859. The molecule has 1 aromatic carbocycles. The lowest BCUT2D eigenvalue weighted by Crippen LogP contribution is -2.41. The van der Waals surface area contributed by atoms with Gasteiger partial charge >= 0.3 is 0 Å². The molecule has 1 aliphatic heterocycles. The van der Waals surface area contributed by atoms with Crippen LogP contribution in [0.15, 0.2) is 24.3 Å². The molecule has 2 rings (SSSR count). The third-order valence-corrected chi connectivity index (χ3v) is 3.98. The monoisotopic (exact) mass is 292 g/mol. The highest BCUT2D eigenvalue weighted by Gasteiger charge is 2.30. The molecular formula is C16H24N2O3. The lowest BCUT2D eigenvalue weighted by molar-refractivity contribution is -0.123.